The highest BCUT2D eigenvalue weighted by Crippen LogP contribution is 2.27. The zero-order valence-electron chi connectivity index (χ0n) is 12.2. The minimum absolute atomic E-state index is 0. The van der Waals surface area contributed by atoms with Crippen LogP contribution in [0, 0.1) is 0 Å². The summed E-state index contributed by atoms with van der Waals surface area (Å²) in [6, 6.07) is 8.50. The Morgan fingerprint density at radius 1 is 1.29 bits per heavy atom. The molecule has 1 atom stereocenters. The molecule has 1 unspecified atom stereocenters. The Morgan fingerprint density at radius 3 is 2.95 bits per heavy atom. The molecule has 5 heteroatoms. The Bertz CT molecular complexity index is 605. The monoisotopic (exact) mass is 324 g/mol. The highest BCUT2D eigenvalue weighted by atomic mass is 35.5. The van der Waals surface area contributed by atoms with E-state index in [2.05, 4.69) is 11.4 Å². The van der Waals surface area contributed by atoms with Crippen LogP contribution < -0.4 is 5.32 Å². The molecule has 0 spiro atoms. The number of carbonyl (C=O) groups is 1. The first-order valence-corrected chi connectivity index (χ1v) is 8.09. The quantitative estimate of drug-likeness (QED) is 0.916. The number of nitrogens with one attached hydrogen (secondary N) is 1. The summed E-state index contributed by atoms with van der Waals surface area (Å²) in [4.78, 5) is 14.7. The molecule has 3 nitrogen and oxygen atoms in total. The number of hydrogen-bond donors (Lipinski definition) is 1. The predicted octanol–water partition coefficient (Wildman–Crippen LogP) is 3.54. The van der Waals surface area contributed by atoms with Crippen LogP contribution in [-0.4, -0.2) is 37.0 Å². The Hall–Kier alpha value is -1.10. The Morgan fingerprint density at radius 2 is 2.10 bits per heavy atom. The van der Waals surface area contributed by atoms with Crippen molar-refractivity contribution in [3.63, 3.8) is 0 Å². The molecule has 1 fully saturated rings. The van der Waals surface area contributed by atoms with Crippen molar-refractivity contribution in [2.75, 3.05) is 20.1 Å². The molecule has 1 amide bonds. The molecule has 0 saturated carbocycles. The average molecular weight is 325 g/mol. The molecule has 3 rings (SSSR count). The molecule has 1 aliphatic rings. The lowest BCUT2D eigenvalue weighted by Gasteiger charge is -2.27. The third-order valence-corrected chi connectivity index (χ3v) is 5.09. The summed E-state index contributed by atoms with van der Waals surface area (Å²) in [5.74, 6) is 0.161. The summed E-state index contributed by atoms with van der Waals surface area (Å²) in [5, 5.41) is 6.48. The lowest BCUT2D eigenvalue weighted by Crippen LogP contribution is -2.37. The molecule has 1 N–H and O–H groups in total. The number of hydrogen-bond acceptors (Lipinski definition) is 3. The minimum Gasteiger partial charge on any atom is -0.339 e. The number of amides is 1. The summed E-state index contributed by atoms with van der Waals surface area (Å²) in [6.45, 7) is 2.08. The fourth-order valence-corrected chi connectivity index (χ4v) is 3.82. The normalized spacial score (nSPS) is 18.8. The van der Waals surface area contributed by atoms with Crippen molar-refractivity contribution < 1.29 is 4.79 Å². The van der Waals surface area contributed by atoms with Gasteiger partial charge in [0.1, 0.15) is 0 Å². The largest absolute Gasteiger partial charge is 0.339 e. The fraction of sp³-hybridized carbons (Fsp3) is 0.438. The van der Waals surface area contributed by atoms with Crippen LogP contribution in [-0.2, 0) is 0 Å². The van der Waals surface area contributed by atoms with E-state index < -0.39 is 0 Å². The second-order valence-corrected chi connectivity index (χ2v) is 6.31. The SMILES string of the molecule is CN(C(=O)c1csc2ccccc12)C1CCCNCC1.Cl. The predicted molar refractivity (Wildman–Crippen MR) is 91.7 cm³/mol. The van der Waals surface area contributed by atoms with E-state index in [1.54, 1.807) is 11.3 Å². The molecule has 0 radical (unpaired) electrons. The maximum Gasteiger partial charge on any atom is 0.255 e. The van der Waals surface area contributed by atoms with Gasteiger partial charge in [-0.25, -0.2) is 0 Å². The van der Waals surface area contributed by atoms with Gasteiger partial charge in [0.05, 0.1) is 5.56 Å². The van der Waals surface area contributed by atoms with Gasteiger partial charge in [-0.3, -0.25) is 4.79 Å². The van der Waals surface area contributed by atoms with Crippen LogP contribution in [0.25, 0.3) is 10.1 Å². The summed E-state index contributed by atoms with van der Waals surface area (Å²) in [6.07, 6.45) is 3.29. The number of halogens is 1. The number of fused-ring (bicyclic) bond motifs is 1. The number of carbonyl (C=O) groups excluding carboxylic acids is 1. The lowest BCUT2D eigenvalue weighted by atomic mass is 10.1. The van der Waals surface area contributed by atoms with Crippen molar-refractivity contribution >= 4 is 39.7 Å². The molecule has 1 aliphatic heterocycles. The van der Waals surface area contributed by atoms with E-state index in [0.29, 0.717) is 6.04 Å². The molecule has 1 aromatic carbocycles. The second kappa shape index (κ2) is 7.25. The van der Waals surface area contributed by atoms with Gasteiger partial charge in [-0.15, -0.1) is 23.7 Å². The molecule has 114 valence electrons. The molecular formula is C16H21ClN2OS. The number of rotatable bonds is 2. The van der Waals surface area contributed by atoms with Gasteiger partial charge in [0.15, 0.2) is 0 Å². The highest BCUT2D eigenvalue weighted by Gasteiger charge is 2.23. The maximum atomic E-state index is 12.7. The van der Waals surface area contributed by atoms with Gasteiger partial charge in [-0.1, -0.05) is 18.2 Å². The van der Waals surface area contributed by atoms with E-state index in [0.717, 1.165) is 43.3 Å². The first kappa shape index (κ1) is 16.3. The first-order chi connectivity index (χ1) is 9.77. The molecule has 0 bridgehead atoms. The highest BCUT2D eigenvalue weighted by molar-refractivity contribution is 7.17. The van der Waals surface area contributed by atoms with Gasteiger partial charge in [0.25, 0.3) is 5.91 Å². The molecule has 2 aromatic rings. The number of benzene rings is 1. The fourth-order valence-electron chi connectivity index (χ4n) is 2.89. The van der Waals surface area contributed by atoms with Crippen molar-refractivity contribution in [3.05, 3.63) is 35.2 Å². The standard InChI is InChI=1S/C16H20N2OS.ClH/c1-18(12-5-4-9-17-10-8-12)16(19)14-11-20-15-7-3-2-6-13(14)15;/h2-3,6-7,11-12,17H,4-5,8-10H2,1H3;1H. The van der Waals surface area contributed by atoms with E-state index in [4.69, 9.17) is 0 Å². The van der Waals surface area contributed by atoms with Crippen molar-refractivity contribution in [2.45, 2.75) is 25.3 Å². The van der Waals surface area contributed by atoms with Crippen LogP contribution >= 0.6 is 23.7 Å². The third kappa shape index (κ3) is 3.39. The van der Waals surface area contributed by atoms with Gasteiger partial charge in [0.2, 0.25) is 0 Å². The molecule has 1 saturated heterocycles. The van der Waals surface area contributed by atoms with Crippen LogP contribution in [0.3, 0.4) is 0 Å². The zero-order valence-corrected chi connectivity index (χ0v) is 13.8. The van der Waals surface area contributed by atoms with E-state index in [9.17, 15) is 4.79 Å². The Kier molecular flexibility index (Phi) is 5.62. The van der Waals surface area contributed by atoms with E-state index in [1.807, 2.05) is 35.5 Å². The van der Waals surface area contributed by atoms with E-state index >= 15 is 0 Å². The smallest absolute Gasteiger partial charge is 0.255 e. The van der Waals surface area contributed by atoms with Crippen LogP contribution in [0.4, 0.5) is 0 Å². The van der Waals surface area contributed by atoms with Crippen LogP contribution in [0.1, 0.15) is 29.6 Å². The van der Waals surface area contributed by atoms with Gasteiger partial charge in [0, 0.05) is 28.6 Å². The Balaban J connectivity index is 0.00000161. The summed E-state index contributed by atoms with van der Waals surface area (Å²) in [5.41, 5.74) is 0.852. The first-order valence-electron chi connectivity index (χ1n) is 7.21. The van der Waals surface area contributed by atoms with Crippen molar-refractivity contribution in [2.24, 2.45) is 0 Å². The summed E-state index contributed by atoms with van der Waals surface area (Å²) >= 11 is 1.65. The summed E-state index contributed by atoms with van der Waals surface area (Å²) < 4.78 is 1.19. The van der Waals surface area contributed by atoms with Gasteiger partial charge in [-0.05, 0) is 38.4 Å². The lowest BCUT2D eigenvalue weighted by molar-refractivity contribution is 0.0723. The van der Waals surface area contributed by atoms with Crippen LogP contribution in [0.5, 0.6) is 0 Å². The van der Waals surface area contributed by atoms with E-state index in [-0.39, 0.29) is 18.3 Å². The minimum atomic E-state index is 0. The van der Waals surface area contributed by atoms with Crippen LogP contribution in [0.2, 0.25) is 0 Å². The van der Waals surface area contributed by atoms with E-state index in [1.165, 1.54) is 4.70 Å². The molecule has 2 heterocycles. The Labute approximate surface area is 135 Å². The molecular weight excluding hydrogens is 304 g/mol. The maximum absolute atomic E-state index is 12.7. The average Bonchev–Trinajstić information content (AvgIpc) is 2.72. The zero-order chi connectivity index (χ0) is 13.9. The molecule has 0 aliphatic carbocycles. The molecule has 21 heavy (non-hydrogen) atoms. The third-order valence-electron chi connectivity index (χ3n) is 4.12. The number of nitrogens with zero attached hydrogens (tertiary/aromatic N) is 1. The van der Waals surface area contributed by atoms with Gasteiger partial charge >= 0.3 is 0 Å². The van der Waals surface area contributed by atoms with Crippen molar-refractivity contribution in [1.82, 2.24) is 10.2 Å². The topological polar surface area (TPSA) is 32.3 Å². The molecule has 1 aromatic heterocycles. The number of thiophene rings is 1. The van der Waals surface area contributed by atoms with Crippen molar-refractivity contribution in [3.8, 4) is 0 Å². The van der Waals surface area contributed by atoms with Gasteiger partial charge < -0.3 is 10.2 Å². The summed E-state index contributed by atoms with van der Waals surface area (Å²) in [7, 11) is 1.95. The van der Waals surface area contributed by atoms with Gasteiger partial charge in [-0.2, -0.15) is 0 Å². The van der Waals surface area contributed by atoms with Crippen LogP contribution in [0.15, 0.2) is 29.6 Å². The van der Waals surface area contributed by atoms with Crippen molar-refractivity contribution in [1.29, 1.82) is 0 Å². The second-order valence-electron chi connectivity index (χ2n) is 5.40.